The van der Waals surface area contributed by atoms with Gasteiger partial charge in [-0.2, -0.15) is 0 Å². The van der Waals surface area contributed by atoms with E-state index in [0.717, 1.165) is 25.1 Å². The summed E-state index contributed by atoms with van der Waals surface area (Å²) in [6.07, 6.45) is 1.22. The highest BCUT2D eigenvalue weighted by Crippen LogP contribution is 2.37. The molecule has 2 fully saturated rings. The van der Waals surface area contributed by atoms with Gasteiger partial charge in [-0.15, -0.1) is 0 Å². The zero-order valence-electron chi connectivity index (χ0n) is 18.5. The van der Waals surface area contributed by atoms with E-state index in [1.54, 1.807) is 0 Å². The molecule has 2 aliphatic heterocycles. The highest BCUT2D eigenvalue weighted by atomic mass is 16.5. The van der Waals surface area contributed by atoms with Crippen LogP contribution in [-0.2, 0) is 14.9 Å². The molecule has 0 aromatic heterocycles. The van der Waals surface area contributed by atoms with Gasteiger partial charge >= 0.3 is 5.97 Å². The SMILES string of the molecule is C[C@@H](NC1CCN(c2ccc(C3(CC(=O)O)COC3)cc2)C1)c1cccc2ccccc12. The van der Waals surface area contributed by atoms with Gasteiger partial charge in [-0.1, -0.05) is 54.6 Å². The highest BCUT2D eigenvalue weighted by Gasteiger charge is 2.42. The van der Waals surface area contributed by atoms with Crippen LogP contribution < -0.4 is 10.2 Å². The minimum atomic E-state index is -0.772. The Kier molecular flexibility index (Phi) is 5.62. The first-order valence-corrected chi connectivity index (χ1v) is 11.4. The van der Waals surface area contributed by atoms with E-state index in [0.29, 0.717) is 19.3 Å². The lowest BCUT2D eigenvalue weighted by Crippen LogP contribution is -2.48. The van der Waals surface area contributed by atoms with Crippen LogP contribution in [0.3, 0.4) is 0 Å². The Morgan fingerprint density at radius 1 is 1.12 bits per heavy atom. The number of fused-ring (bicyclic) bond motifs is 1. The van der Waals surface area contributed by atoms with Crippen molar-refractivity contribution < 1.29 is 14.6 Å². The van der Waals surface area contributed by atoms with Crippen LogP contribution in [0, 0.1) is 0 Å². The zero-order chi connectivity index (χ0) is 22.1. The lowest BCUT2D eigenvalue weighted by atomic mass is 9.76. The molecule has 1 unspecified atom stereocenters. The van der Waals surface area contributed by atoms with Crippen molar-refractivity contribution in [2.24, 2.45) is 0 Å². The second-order valence-corrected chi connectivity index (χ2v) is 9.28. The number of ether oxygens (including phenoxy) is 1. The van der Waals surface area contributed by atoms with Gasteiger partial charge in [0, 0.05) is 30.9 Å². The number of aliphatic carboxylic acids is 1. The number of anilines is 1. The number of nitrogens with zero attached hydrogens (tertiary/aromatic N) is 1. The summed E-state index contributed by atoms with van der Waals surface area (Å²) < 4.78 is 5.36. The molecule has 5 nitrogen and oxygen atoms in total. The van der Waals surface area contributed by atoms with Crippen LogP contribution in [0.25, 0.3) is 10.8 Å². The largest absolute Gasteiger partial charge is 0.481 e. The minimum Gasteiger partial charge on any atom is -0.481 e. The standard InChI is InChI=1S/C27H30N2O3/c1-19(24-8-4-6-20-5-2-3-7-25(20)24)28-22-13-14-29(16-22)23-11-9-21(10-12-23)27(15-26(30)31)17-32-18-27/h2-12,19,22,28H,13-18H2,1H3,(H,30,31)/t19-,22?/m1/s1. The lowest BCUT2D eigenvalue weighted by Gasteiger charge is -2.41. The Balaban J connectivity index is 1.24. The average Bonchev–Trinajstić information content (AvgIpc) is 3.24. The molecule has 3 aromatic rings. The normalized spacial score (nSPS) is 20.8. The molecule has 5 rings (SSSR count). The first-order chi connectivity index (χ1) is 15.5. The fourth-order valence-electron chi connectivity index (χ4n) is 5.24. The number of nitrogens with one attached hydrogen (secondary N) is 1. The predicted molar refractivity (Wildman–Crippen MR) is 127 cm³/mol. The van der Waals surface area contributed by atoms with E-state index in [9.17, 15) is 9.90 Å². The zero-order valence-corrected chi connectivity index (χ0v) is 18.5. The van der Waals surface area contributed by atoms with Gasteiger partial charge in [0.05, 0.1) is 25.0 Å². The van der Waals surface area contributed by atoms with Gasteiger partial charge in [0.1, 0.15) is 0 Å². The molecule has 166 valence electrons. The van der Waals surface area contributed by atoms with E-state index in [4.69, 9.17) is 4.74 Å². The fourth-order valence-corrected chi connectivity index (χ4v) is 5.24. The molecule has 2 saturated heterocycles. The minimum absolute atomic E-state index is 0.119. The molecule has 0 saturated carbocycles. The van der Waals surface area contributed by atoms with Gasteiger partial charge in [-0.3, -0.25) is 4.79 Å². The summed E-state index contributed by atoms with van der Waals surface area (Å²) in [6.45, 7) is 5.21. The third-order valence-corrected chi connectivity index (χ3v) is 7.05. The van der Waals surface area contributed by atoms with Crippen LogP contribution in [-0.4, -0.2) is 43.4 Å². The Morgan fingerprint density at radius 3 is 2.59 bits per heavy atom. The second kappa shape index (κ2) is 8.57. The van der Waals surface area contributed by atoms with Gasteiger partial charge < -0.3 is 20.1 Å². The number of benzene rings is 3. The van der Waals surface area contributed by atoms with Crippen molar-refractivity contribution in [2.45, 2.75) is 37.3 Å². The number of hydrogen-bond donors (Lipinski definition) is 2. The van der Waals surface area contributed by atoms with Crippen LogP contribution in [0.5, 0.6) is 0 Å². The Labute approximate surface area is 189 Å². The monoisotopic (exact) mass is 430 g/mol. The molecule has 2 heterocycles. The van der Waals surface area contributed by atoms with Crippen molar-refractivity contribution in [3.8, 4) is 0 Å². The Hall–Kier alpha value is -2.89. The molecule has 5 heteroatoms. The third-order valence-electron chi connectivity index (χ3n) is 7.05. The first-order valence-electron chi connectivity index (χ1n) is 11.4. The van der Waals surface area contributed by atoms with E-state index >= 15 is 0 Å². The van der Waals surface area contributed by atoms with Crippen LogP contribution in [0.15, 0.2) is 66.7 Å². The van der Waals surface area contributed by atoms with Crippen LogP contribution >= 0.6 is 0 Å². The molecule has 0 bridgehead atoms. The smallest absolute Gasteiger partial charge is 0.304 e. The highest BCUT2D eigenvalue weighted by molar-refractivity contribution is 5.86. The Bertz CT molecular complexity index is 1100. The summed E-state index contributed by atoms with van der Waals surface area (Å²) in [5, 5.41) is 15.7. The van der Waals surface area contributed by atoms with Gasteiger partial charge in [0.15, 0.2) is 0 Å². The summed E-state index contributed by atoms with van der Waals surface area (Å²) in [7, 11) is 0. The molecule has 32 heavy (non-hydrogen) atoms. The maximum absolute atomic E-state index is 11.3. The van der Waals surface area contributed by atoms with Crippen molar-refractivity contribution in [3.05, 3.63) is 77.9 Å². The van der Waals surface area contributed by atoms with E-state index in [-0.39, 0.29) is 17.9 Å². The van der Waals surface area contributed by atoms with Crippen molar-refractivity contribution >= 4 is 22.4 Å². The molecule has 2 atom stereocenters. The average molecular weight is 431 g/mol. The molecule has 0 spiro atoms. The number of carbonyl (C=O) groups is 1. The van der Waals surface area contributed by atoms with E-state index in [2.05, 4.69) is 83.9 Å². The van der Waals surface area contributed by atoms with Gasteiger partial charge in [0.2, 0.25) is 0 Å². The topological polar surface area (TPSA) is 61.8 Å². The summed E-state index contributed by atoms with van der Waals surface area (Å²) in [5.41, 5.74) is 3.24. The molecule has 0 radical (unpaired) electrons. The van der Waals surface area contributed by atoms with Crippen LogP contribution in [0.1, 0.15) is 36.9 Å². The molecule has 0 amide bonds. The summed E-state index contributed by atoms with van der Waals surface area (Å²) in [4.78, 5) is 13.7. The fraction of sp³-hybridized carbons (Fsp3) is 0.370. The molecule has 2 N–H and O–H groups in total. The molecular weight excluding hydrogens is 400 g/mol. The maximum atomic E-state index is 11.3. The van der Waals surface area contributed by atoms with Crippen LogP contribution in [0.2, 0.25) is 0 Å². The molecule has 0 aliphatic carbocycles. The second-order valence-electron chi connectivity index (χ2n) is 9.28. The first kappa shape index (κ1) is 21.0. The van der Waals surface area contributed by atoms with Crippen molar-refractivity contribution in [2.75, 3.05) is 31.2 Å². The molecule has 3 aromatic carbocycles. The predicted octanol–water partition coefficient (Wildman–Crippen LogP) is 4.51. The van der Waals surface area contributed by atoms with Gasteiger partial charge in [-0.05, 0) is 47.4 Å². The summed E-state index contributed by atoms with van der Waals surface area (Å²) >= 11 is 0. The van der Waals surface area contributed by atoms with Crippen molar-refractivity contribution in [1.82, 2.24) is 5.32 Å². The van der Waals surface area contributed by atoms with E-state index in [1.807, 2.05) is 0 Å². The summed E-state index contributed by atoms with van der Waals surface area (Å²) in [5.74, 6) is -0.772. The number of hydrogen-bond acceptors (Lipinski definition) is 4. The lowest BCUT2D eigenvalue weighted by molar-refractivity contribution is -0.145. The Morgan fingerprint density at radius 2 is 1.88 bits per heavy atom. The van der Waals surface area contributed by atoms with Gasteiger partial charge in [0.25, 0.3) is 0 Å². The number of carboxylic acid groups (broad SMARTS) is 1. The van der Waals surface area contributed by atoms with Crippen molar-refractivity contribution in [1.29, 1.82) is 0 Å². The van der Waals surface area contributed by atoms with Gasteiger partial charge in [-0.25, -0.2) is 0 Å². The van der Waals surface area contributed by atoms with Crippen LogP contribution in [0.4, 0.5) is 5.69 Å². The molecular formula is C27H30N2O3. The molecule has 2 aliphatic rings. The van der Waals surface area contributed by atoms with E-state index in [1.165, 1.54) is 22.0 Å². The third kappa shape index (κ3) is 3.98. The number of rotatable bonds is 7. The maximum Gasteiger partial charge on any atom is 0.304 e. The summed E-state index contributed by atoms with van der Waals surface area (Å²) in [6, 6.07) is 24.3. The quantitative estimate of drug-likeness (QED) is 0.577. The van der Waals surface area contributed by atoms with E-state index < -0.39 is 5.97 Å². The number of carboxylic acids is 1. The van der Waals surface area contributed by atoms with Crippen molar-refractivity contribution in [3.63, 3.8) is 0 Å².